The van der Waals surface area contributed by atoms with Crippen LogP contribution in [-0.2, 0) is 0 Å². The number of non-ortho nitro benzene ring substituents is 1. The van der Waals surface area contributed by atoms with Crippen LogP contribution in [0.2, 0.25) is 0 Å². The van der Waals surface area contributed by atoms with Gasteiger partial charge in [0.1, 0.15) is 0 Å². The van der Waals surface area contributed by atoms with E-state index in [1.165, 1.54) is 29.8 Å². The first kappa shape index (κ1) is 15.6. The van der Waals surface area contributed by atoms with Gasteiger partial charge in [-0.15, -0.1) is 0 Å². The molecule has 22 heavy (non-hydrogen) atoms. The third kappa shape index (κ3) is 3.88. The van der Waals surface area contributed by atoms with Gasteiger partial charge in [-0.3, -0.25) is 14.9 Å². The van der Waals surface area contributed by atoms with Crippen molar-refractivity contribution in [3.8, 4) is 0 Å². The van der Waals surface area contributed by atoms with Gasteiger partial charge in [0.2, 0.25) is 0 Å². The molecule has 0 fully saturated rings. The summed E-state index contributed by atoms with van der Waals surface area (Å²) in [6, 6.07) is 13.7. The van der Waals surface area contributed by atoms with Crippen LogP contribution in [0.4, 0.5) is 5.69 Å². The SMILES string of the molecule is CC(C)c1ccc(/C=C/C(=O)c2cccc([N+](=O)[O-])c2)cc1. The van der Waals surface area contributed by atoms with E-state index in [1.54, 1.807) is 12.1 Å². The number of carbonyl (C=O) groups excluding carboxylic acids is 1. The molecule has 0 aliphatic carbocycles. The Bertz CT molecular complexity index is 715. The molecule has 0 saturated carbocycles. The van der Waals surface area contributed by atoms with Crippen LogP contribution in [0.3, 0.4) is 0 Å². The minimum Gasteiger partial charge on any atom is -0.289 e. The molecule has 0 saturated heterocycles. The van der Waals surface area contributed by atoms with Crippen LogP contribution in [0.15, 0.2) is 54.6 Å². The van der Waals surface area contributed by atoms with Crippen LogP contribution >= 0.6 is 0 Å². The van der Waals surface area contributed by atoms with Gasteiger partial charge in [0.25, 0.3) is 5.69 Å². The maximum Gasteiger partial charge on any atom is 0.270 e. The van der Waals surface area contributed by atoms with Crippen LogP contribution in [0, 0.1) is 10.1 Å². The van der Waals surface area contributed by atoms with Gasteiger partial charge in [0.15, 0.2) is 5.78 Å². The molecular weight excluding hydrogens is 278 g/mol. The Kier molecular flexibility index (Phi) is 4.84. The maximum absolute atomic E-state index is 12.1. The van der Waals surface area contributed by atoms with E-state index in [9.17, 15) is 14.9 Å². The lowest BCUT2D eigenvalue weighted by atomic mass is 10.0. The smallest absolute Gasteiger partial charge is 0.270 e. The number of hydrogen-bond donors (Lipinski definition) is 0. The van der Waals surface area contributed by atoms with Crippen molar-refractivity contribution in [2.45, 2.75) is 19.8 Å². The lowest BCUT2D eigenvalue weighted by Gasteiger charge is -2.04. The maximum atomic E-state index is 12.1. The summed E-state index contributed by atoms with van der Waals surface area (Å²) in [5, 5.41) is 10.7. The molecule has 0 radical (unpaired) electrons. The molecule has 2 aromatic carbocycles. The Morgan fingerprint density at radius 2 is 1.82 bits per heavy atom. The average Bonchev–Trinajstić information content (AvgIpc) is 2.53. The first-order valence-electron chi connectivity index (χ1n) is 7.04. The third-order valence-electron chi connectivity index (χ3n) is 3.37. The molecule has 0 aliphatic heterocycles. The van der Waals surface area contributed by atoms with E-state index in [0.717, 1.165) is 5.56 Å². The largest absolute Gasteiger partial charge is 0.289 e. The molecule has 0 aliphatic rings. The van der Waals surface area contributed by atoms with Gasteiger partial charge in [0, 0.05) is 17.7 Å². The molecule has 0 heterocycles. The zero-order chi connectivity index (χ0) is 16.1. The van der Waals surface area contributed by atoms with Crippen molar-refractivity contribution in [3.05, 3.63) is 81.4 Å². The summed E-state index contributed by atoms with van der Waals surface area (Å²) in [4.78, 5) is 22.3. The highest BCUT2D eigenvalue weighted by atomic mass is 16.6. The molecule has 112 valence electrons. The Morgan fingerprint density at radius 3 is 2.41 bits per heavy atom. The molecule has 0 atom stereocenters. The lowest BCUT2D eigenvalue weighted by Crippen LogP contribution is -1.96. The fourth-order valence-corrected chi connectivity index (χ4v) is 2.03. The molecule has 0 N–H and O–H groups in total. The molecule has 0 bridgehead atoms. The van der Waals surface area contributed by atoms with E-state index in [0.29, 0.717) is 11.5 Å². The van der Waals surface area contributed by atoms with Gasteiger partial charge >= 0.3 is 0 Å². The highest BCUT2D eigenvalue weighted by Crippen LogP contribution is 2.17. The van der Waals surface area contributed by atoms with Crippen LogP contribution in [-0.4, -0.2) is 10.7 Å². The highest BCUT2D eigenvalue weighted by molar-refractivity contribution is 6.07. The number of ketones is 1. The summed E-state index contributed by atoms with van der Waals surface area (Å²) < 4.78 is 0. The zero-order valence-corrected chi connectivity index (χ0v) is 12.5. The summed E-state index contributed by atoms with van der Waals surface area (Å²) in [6.07, 6.45) is 3.15. The monoisotopic (exact) mass is 295 g/mol. The van der Waals surface area contributed by atoms with Crippen molar-refractivity contribution in [3.63, 3.8) is 0 Å². The lowest BCUT2D eigenvalue weighted by molar-refractivity contribution is -0.384. The first-order valence-corrected chi connectivity index (χ1v) is 7.04. The number of nitro benzene ring substituents is 1. The van der Waals surface area contributed by atoms with Crippen molar-refractivity contribution in [1.82, 2.24) is 0 Å². The molecule has 2 aromatic rings. The van der Waals surface area contributed by atoms with Crippen LogP contribution in [0.5, 0.6) is 0 Å². The van der Waals surface area contributed by atoms with E-state index in [1.807, 2.05) is 24.3 Å². The van der Waals surface area contributed by atoms with Gasteiger partial charge in [-0.05, 0) is 23.1 Å². The number of nitrogens with zero attached hydrogens (tertiary/aromatic N) is 1. The zero-order valence-electron chi connectivity index (χ0n) is 12.5. The van der Waals surface area contributed by atoms with Crippen molar-refractivity contribution in [2.75, 3.05) is 0 Å². The van der Waals surface area contributed by atoms with Crippen molar-refractivity contribution < 1.29 is 9.72 Å². The van der Waals surface area contributed by atoms with E-state index in [-0.39, 0.29) is 11.5 Å². The minimum absolute atomic E-state index is 0.0828. The molecule has 0 amide bonds. The molecule has 0 unspecified atom stereocenters. The Labute approximate surface area is 129 Å². The number of rotatable bonds is 5. The van der Waals surface area contributed by atoms with E-state index in [2.05, 4.69) is 13.8 Å². The standard InChI is InChI=1S/C18H17NO3/c1-13(2)15-9-6-14(7-10-15)8-11-18(20)16-4-3-5-17(12-16)19(21)22/h3-13H,1-2H3/b11-8+. The van der Waals surface area contributed by atoms with Crippen LogP contribution in [0.1, 0.15) is 41.3 Å². The van der Waals surface area contributed by atoms with Crippen LogP contribution < -0.4 is 0 Å². The van der Waals surface area contributed by atoms with E-state index in [4.69, 9.17) is 0 Å². The molecule has 4 heteroatoms. The Balaban J connectivity index is 2.14. The molecule has 2 rings (SSSR count). The first-order chi connectivity index (χ1) is 10.5. The summed E-state index contributed by atoms with van der Waals surface area (Å²) >= 11 is 0. The fraction of sp³-hybridized carbons (Fsp3) is 0.167. The number of benzene rings is 2. The molecular formula is C18H17NO3. The molecule has 0 spiro atoms. The van der Waals surface area contributed by atoms with Crippen LogP contribution in [0.25, 0.3) is 6.08 Å². The van der Waals surface area contributed by atoms with Gasteiger partial charge in [-0.2, -0.15) is 0 Å². The quantitative estimate of drug-likeness (QED) is 0.350. The summed E-state index contributed by atoms with van der Waals surface area (Å²) in [5.74, 6) is 0.209. The second kappa shape index (κ2) is 6.80. The summed E-state index contributed by atoms with van der Waals surface area (Å²) in [6.45, 7) is 4.24. The van der Waals surface area contributed by atoms with Gasteiger partial charge in [0.05, 0.1) is 4.92 Å². The average molecular weight is 295 g/mol. The number of nitro groups is 1. The predicted molar refractivity (Wildman–Crippen MR) is 87.0 cm³/mol. The Hall–Kier alpha value is -2.75. The highest BCUT2D eigenvalue weighted by Gasteiger charge is 2.09. The topological polar surface area (TPSA) is 60.2 Å². The van der Waals surface area contributed by atoms with E-state index < -0.39 is 4.92 Å². The minimum atomic E-state index is -0.509. The number of allylic oxidation sites excluding steroid dienone is 1. The number of carbonyl (C=O) groups is 1. The second-order valence-electron chi connectivity index (χ2n) is 5.33. The van der Waals surface area contributed by atoms with Crippen molar-refractivity contribution in [1.29, 1.82) is 0 Å². The normalized spacial score (nSPS) is 11.0. The number of hydrogen-bond acceptors (Lipinski definition) is 3. The molecule has 4 nitrogen and oxygen atoms in total. The van der Waals surface area contributed by atoms with Crippen molar-refractivity contribution in [2.24, 2.45) is 0 Å². The van der Waals surface area contributed by atoms with E-state index >= 15 is 0 Å². The Morgan fingerprint density at radius 1 is 1.14 bits per heavy atom. The summed E-state index contributed by atoms with van der Waals surface area (Å²) in [5.41, 5.74) is 2.38. The van der Waals surface area contributed by atoms with Gasteiger partial charge < -0.3 is 0 Å². The molecule has 0 aromatic heterocycles. The second-order valence-corrected chi connectivity index (χ2v) is 5.33. The van der Waals surface area contributed by atoms with Crippen molar-refractivity contribution >= 4 is 17.5 Å². The summed E-state index contributed by atoms with van der Waals surface area (Å²) in [7, 11) is 0. The fourth-order valence-electron chi connectivity index (χ4n) is 2.03. The third-order valence-corrected chi connectivity index (χ3v) is 3.37. The van der Waals surface area contributed by atoms with Gasteiger partial charge in [-0.25, -0.2) is 0 Å². The van der Waals surface area contributed by atoms with Gasteiger partial charge in [-0.1, -0.05) is 56.3 Å². The predicted octanol–water partition coefficient (Wildman–Crippen LogP) is 4.61.